The van der Waals surface area contributed by atoms with Crippen molar-refractivity contribution in [3.05, 3.63) is 69.8 Å². The first kappa shape index (κ1) is 18.0. The molecule has 0 aliphatic carbocycles. The van der Waals surface area contributed by atoms with Gasteiger partial charge in [-0.05, 0) is 29.8 Å². The largest absolute Gasteiger partial charge is 0.513 e. The zero-order valence-electron chi connectivity index (χ0n) is 13.2. The normalized spacial score (nSPS) is 9.88. The average molecular weight is 341 g/mol. The number of rotatable bonds is 7. The fourth-order valence-electron chi connectivity index (χ4n) is 1.83. The van der Waals surface area contributed by atoms with E-state index in [0.29, 0.717) is 6.61 Å². The highest BCUT2D eigenvalue weighted by Gasteiger charge is 2.09. The van der Waals surface area contributed by atoms with Gasteiger partial charge in [0.2, 0.25) is 0 Å². The van der Waals surface area contributed by atoms with Crippen molar-refractivity contribution in [1.82, 2.24) is 0 Å². The summed E-state index contributed by atoms with van der Waals surface area (Å²) in [4.78, 5) is 21.5. The lowest BCUT2D eigenvalue weighted by molar-refractivity contribution is -0.384. The summed E-state index contributed by atoms with van der Waals surface area (Å²) in [5.41, 5.74) is 1.65. The summed E-state index contributed by atoms with van der Waals surface area (Å²) in [6, 6.07) is 12.4. The summed E-state index contributed by atoms with van der Waals surface area (Å²) in [5.74, 6) is 2.68. The van der Waals surface area contributed by atoms with Gasteiger partial charge in [0, 0.05) is 17.7 Å². The Labute approximate surface area is 144 Å². The van der Waals surface area contributed by atoms with Crippen molar-refractivity contribution in [1.29, 1.82) is 0 Å². The smallest absolute Gasteiger partial charge is 0.432 e. The van der Waals surface area contributed by atoms with Gasteiger partial charge in [-0.25, -0.2) is 4.79 Å². The quantitative estimate of drug-likeness (QED) is 0.192. The fraction of sp³-hybridized carbons (Fsp3) is 0.167. The minimum atomic E-state index is -0.907. The maximum Gasteiger partial charge on any atom is 0.513 e. The maximum atomic E-state index is 11.5. The lowest BCUT2D eigenvalue weighted by Crippen LogP contribution is -2.14. The lowest BCUT2D eigenvalue weighted by Gasteiger charge is -2.07. The third-order valence-electron chi connectivity index (χ3n) is 3.09. The summed E-state index contributed by atoms with van der Waals surface area (Å²) >= 11 is 0. The van der Waals surface area contributed by atoms with Crippen LogP contribution in [0.15, 0.2) is 48.5 Å². The van der Waals surface area contributed by atoms with Crippen LogP contribution in [-0.4, -0.2) is 24.3 Å². The van der Waals surface area contributed by atoms with Crippen LogP contribution in [0.1, 0.15) is 11.1 Å². The molecule has 25 heavy (non-hydrogen) atoms. The molecule has 2 aromatic rings. The lowest BCUT2D eigenvalue weighted by atomic mass is 10.1. The van der Waals surface area contributed by atoms with Gasteiger partial charge in [-0.2, -0.15) is 0 Å². The van der Waals surface area contributed by atoms with Gasteiger partial charge in [-0.15, -0.1) is 6.42 Å². The highest BCUT2D eigenvalue weighted by atomic mass is 16.7. The summed E-state index contributed by atoms with van der Waals surface area (Å²) in [5, 5.41) is 10.5. The number of carbonyl (C=O) groups is 1. The molecule has 0 fully saturated rings. The van der Waals surface area contributed by atoms with E-state index in [0.717, 1.165) is 11.1 Å². The molecule has 7 heteroatoms. The zero-order chi connectivity index (χ0) is 18.1. The van der Waals surface area contributed by atoms with Crippen LogP contribution in [0.25, 0.3) is 0 Å². The monoisotopic (exact) mass is 341 g/mol. The Bertz CT molecular complexity index is 762. The van der Waals surface area contributed by atoms with E-state index in [1.54, 1.807) is 0 Å². The molecule has 0 radical (unpaired) electrons. The number of nitro groups is 1. The van der Waals surface area contributed by atoms with Gasteiger partial charge < -0.3 is 14.2 Å². The molecule has 0 heterocycles. The predicted molar refractivity (Wildman–Crippen MR) is 89.1 cm³/mol. The van der Waals surface area contributed by atoms with Crippen molar-refractivity contribution in [3.8, 4) is 18.1 Å². The highest BCUT2D eigenvalue weighted by Crippen LogP contribution is 2.17. The van der Waals surface area contributed by atoms with Crippen LogP contribution in [0, 0.1) is 22.5 Å². The number of terminal acetylenes is 1. The average Bonchev–Trinajstić information content (AvgIpc) is 2.62. The standard InChI is InChI=1S/C18H15NO6/c1-2-14-3-5-15(6-4-14)13-23-11-12-24-18(20)25-17-9-7-16(8-10-17)19(21)22/h1,3-10H,11-13H2. The number of benzene rings is 2. The van der Waals surface area contributed by atoms with Crippen molar-refractivity contribution >= 4 is 11.8 Å². The second kappa shape index (κ2) is 9.05. The Balaban J connectivity index is 1.64. The third-order valence-corrected chi connectivity index (χ3v) is 3.09. The van der Waals surface area contributed by atoms with Gasteiger partial charge in [0.05, 0.1) is 18.1 Å². The van der Waals surface area contributed by atoms with Crippen molar-refractivity contribution in [2.75, 3.05) is 13.2 Å². The number of non-ortho nitro benzene ring substituents is 1. The van der Waals surface area contributed by atoms with Crippen LogP contribution in [0.4, 0.5) is 10.5 Å². The van der Waals surface area contributed by atoms with E-state index in [9.17, 15) is 14.9 Å². The fourth-order valence-corrected chi connectivity index (χ4v) is 1.83. The van der Waals surface area contributed by atoms with Crippen LogP contribution in [-0.2, 0) is 16.1 Å². The van der Waals surface area contributed by atoms with E-state index >= 15 is 0 Å². The number of hydrogen-bond acceptors (Lipinski definition) is 6. The summed E-state index contributed by atoms with van der Waals surface area (Å²) in [6.45, 7) is 0.589. The minimum Gasteiger partial charge on any atom is -0.432 e. The topological polar surface area (TPSA) is 87.9 Å². The second-order valence-corrected chi connectivity index (χ2v) is 4.85. The first-order chi connectivity index (χ1) is 12.1. The SMILES string of the molecule is C#Cc1ccc(COCCOC(=O)Oc2ccc([N+](=O)[O-])cc2)cc1. The molecule has 2 aromatic carbocycles. The summed E-state index contributed by atoms with van der Waals surface area (Å²) < 4.78 is 15.1. The molecule has 0 bridgehead atoms. The predicted octanol–water partition coefficient (Wildman–Crippen LogP) is 3.31. The van der Waals surface area contributed by atoms with E-state index < -0.39 is 11.1 Å². The molecule has 128 valence electrons. The van der Waals surface area contributed by atoms with Gasteiger partial charge in [-0.1, -0.05) is 18.1 Å². The number of nitro benzene ring substituents is 1. The van der Waals surface area contributed by atoms with E-state index in [4.69, 9.17) is 20.6 Å². The van der Waals surface area contributed by atoms with Crippen LogP contribution in [0.5, 0.6) is 5.75 Å². The van der Waals surface area contributed by atoms with E-state index in [2.05, 4.69) is 5.92 Å². The van der Waals surface area contributed by atoms with Gasteiger partial charge in [0.1, 0.15) is 12.4 Å². The molecular weight excluding hydrogens is 326 g/mol. The van der Waals surface area contributed by atoms with Crippen molar-refractivity contribution in [2.24, 2.45) is 0 Å². The summed E-state index contributed by atoms with van der Waals surface area (Å²) in [7, 11) is 0. The van der Waals surface area contributed by atoms with Gasteiger partial charge in [-0.3, -0.25) is 10.1 Å². The number of nitrogens with zero attached hydrogens (tertiary/aromatic N) is 1. The number of carbonyl (C=O) groups excluding carboxylic acids is 1. The molecule has 2 rings (SSSR count). The highest BCUT2D eigenvalue weighted by molar-refractivity contribution is 5.63. The molecule has 0 atom stereocenters. The Morgan fingerprint density at radius 1 is 1.08 bits per heavy atom. The Kier molecular flexibility index (Phi) is 6.51. The minimum absolute atomic E-state index is 0.0221. The molecule has 0 unspecified atom stereocenters. The van der Waals surface area contributed by atoms with Crippen LogP contribution in [0.3, 0.4) is 0 Å². The molecule has 0 N–H and O–H groups in total. The van der Waals surface area contributed by atoms with Crippen molar-refractivity contribution < 1.29 is 23.9 Å². The van der Waals surface area contributed by atoms with Crippen molar-refractivity contribution in [2.45, 2.75) is 6.61 Å². The Hall–Kier alpha value is -3.37. The zero-order valence-corrected chi connectivity index (χ0v) is 13.2. The van der Waals surface area contributed by atoms with E-state index in [1.807, 2.05) is 24.3 Å². The van der Waals surface area contributed by atoms with Crippen LogP contribution >= 0.6 is 0 Å². The number of hydrogen-bond donors (Lipinski definition) is 0. The van der Waals surface area contributed by atoms with Crippen LogP contribution in [0.2, 0.25) is 0 Å². The Morgan fingerprint density at radius 3 is 2.36 bits per heavy atom. The first-order valence-corrected chi connectivity index (χ1v) is 7.31. The van der Waals surface area contributed by atoms with Gasteiger partial charge in [0.15, 0.2) is 0 Å². The molecular formula is C18H15NO6. The molecule has 0 aliphatic rings. The number of ether oxygens (including phenoxy) is 3. The second-order valence-electron chi connectivity index (χ2n) is 4.85. The maximum absolute atomic E-state index is 11.5. The van der Waals surface area contributed by atoms with E-state index in [-0.39, 0.29) is 24.7 Å². The van der Waals surface area contributed by atoms with E-state index in [1.165, 1.54) is 24.3 Å². The molecule has 0 spiro atoms. The molecule has 0 amide bonds. The van der Waals surface area contributed by atoms with Gasteiger partial charge >= 0.3 is 6.16 Å². The third kappa shape index (κ3) is 5.97. The van der Waals surface area contributed by atoms with Crippen molar-refractivity contribution in [3.63, 3.8) is 0 Å². The van der Waals surface area contributed by atoms with Crippen LogP contribution < -0.4 is 4.74 Å². The first-order valence-electron chi connectivity index (χ1n) is 7.31. The molecule has 7 nitrogen and oxygen atoms in total. The molecule has 0 aliphatic heterocycles. The van der Waals surface area contributed by atoms with Gasteiger partial charge in [0.25, 0.3) is 5.69 Å². The Morgan fingerprint density at radius 2 is 1.76 bits per heavy atom. The summed E-state index contributed by atoms with van der Waals surface area (Å²) in [6.07, 6.45) is 4.37. The molecule has 0 saturated carbocycles. The molecule has 0 aromatic heterocycles. The molecule has 0 saturated heterocycles.